The van der Waals surface area contributed by atoms with E-state index in [9.17, 15) is 4.79 Å². The molecule has 1 aliphatic rings. The van der Waals surface area contributed by atoms with Crippen LogP contribution < -0.4 is 4.74 Å². The number of nitrogens with zero attached hydrogens (tertiary/aromatic N) is 2. The molecule has 104 valence electrons. The highest BCUT2D eigenvalue weighted by Gasteiger charge is 2.30. The Labute approximate surface area is 122 Å². The molecule has 0 bridgehead atoms. The van der Waals surface area contributed by atoms with Crippen molar-refractivity contribution in [1.29, 1.82) is 0 Å². The first-order chi connectivity index (χ1) is 9.58. The predicted molar refractivity (Wildman–Crippen MR) is 76.3 cm³/mol. The first kappa shape index (κ1) is 13.2. The lowest BCUT2D eigenvalue weighted by Crippen LogP contribution is -2.18. The zero-order chi connectivity index (χ0) is 14.3. The zero-order valence-electron chi connectivity index (χ0n) is 11.4. The lowest BCUT2D eigenvalue weighted by molar-refractivity contribution is -0.120. The molecule has 3 rings (SSSR count). The molecule has 0 amide bonds. The molecular weight excluding hydrogens is 276 g/mol. The van der Waals surface area contributed by atoms with Crippen LogP contribution in [0, 0.1) is 6.92 Å². The van der Waals surface area contributed by atoms with Gasteiger partial charge in [-0.25, -0.2) is 0 Å². The highest BCUT2D eigenvalue weighted by molar-refractivity contribution is 6.32. The third-order valence-corrected chi connectivity index (χ3v) is 4.18. The number of benzene rings is 1. The molecule has 1 aromatic heterocycles. The van der Waals surface area contributed by atoms with Gasteiger partial charge in [0.25, 0.3) is 0 Å². The van der Waals surface area contributed by atoms with Gasteiger partial charge >= 0.3 is 0 Å². The second kappa shape index (κ2) is 4.94. The molecule has 0 fully saturated rings. The van der Waals surface area contributed by atoms with Crippen molar-refractivity contribution < 1.29 is 9.53 Å². The van der Waals surface area contributed by atoms with Gasteiger partial charge in [-0.15, -0.1) is 0 Å². The van der Waals surface area contributed by atoms with Gasteiger partial charge in [0.15, 0.2) is 0 Å². The molecule has 1 unspecified atom stereocenters. The van der Waals surface area contributed by atoms with E-state index in [4.69, 9.17) is 16.3 Å². The molecule has 4 nitrogen and oxygen atoms in total. The second-order valence-electron chi connectivity index (χ2n) is 5.01. The maximum Gasteiger partial charge on any atom is 0.149 e. The minimum Gasteiger partial charge on any atom is -0.492 e. The fourth-order valence-corrected chi connectivity index (χ4v) is 2.82. The van der Waals surface area contributed by atoms with Crippen LogP contribution in [0.2, 0.25) is 5.02 Å². The third-order valence-electron chi connectivity index (χ3n) is 3.69. The summed E-state index contributed by atoms with van der Waals surface area (Å²) < 4.78 is 7.24. The molecule has 0 saturated heterocycles. The number of ether oxygens (including phenoxy) is 1. The fourth-order valence-electron chi connectivity index (χ4n) is 2.59. The van der Waals surface area contributed by atoms with Crippen LogP contribution in [-0.4, -0.2) is 22.2 Å². The quantitative estimate of drug-likeness (QED) is 0.873. The summed E-state index contributed by atoms with van der Waals surface area (Å²) in [5.74, 6) is 0.704. The largest absolute Gasteiger partial charge is 0.492 e. The molecule has 1 aromatic carbocycles. The van der Waals surface area contributed by atoms with E-state index in [-0.39, 0.29) is 18.1 Å². The molecule has 2 heterocycles. The standard InChI is InChI=1S/C15H15ClN2O2/c1-9-15(16)12(18(2)17-9)7-13(19)11-8-20-14-6-4-3-5-10(11)14/h3-6,11H,7-8H2,1-2H3. The van der Waals surface area contributed by atoms with E-state index in [1.54, 1.807) is 11.7 Å². The molecule has 5 heteroatoms. The van der Waals surface area contributed by atoms with E-state index in [1.165, 1.54) is 0 Å². The molecule has 0 spiro atoms. The summed E-state index contributed by atoms with van der Waals surface area (Å²) in [4.78, 5) is 12.5. The van der Waals surface area contributed by atoms with Crippen molar-refractivity contribution in [3.63, 3.8) is 0 Å². The van der Waals surface area contributed by atoms with Crippen molar-refractivity contribution in [3.05, 3.63) is 46.2 Å². The summed E-state index contributed by atoms with van der Waals surface area (Å²) in [6.45, 7) is 2.25. The number of hydrogen-bond acceptors (Lipinski definition) is 3. The zero-order valence-corrected chi connectivity index (χ0v) is 12.1. The summed E-state index contributed by atoms with van der Waals surface area (Å²) in [6.07, 6.45) is 0.276. The summed E-state index contributed by atoms with van der Waals surface area (Å²) in [5, 5.41) is 4.81. The van der Waals surface area contributed by atoms with Gasteiger partial charge in [0.05, 0.1) is 28.7 Å². The number of halogens is 1. The Kier molecular flexibility index (Phi) is 3.26. The number of hydrogen-bond donors (Lipinski definition) is 0. The number of aromatic nitrogens is 2. The Morgan fingerprint density at radius 3 is 2.95 bits per heavy atom. The van der Waals surface area contributed by atoms with Crippen molar-refractivity contribution >= 4 is 17.4 Å². The predicted octanol–water partition coefficient (Wildman–Crippen LogP) is 2.67. The molecular formula is C15H15ClN2O2. The van der Waals surface area contributed by atoms with Gasteiger partial charge in [0.1, 0.15) is 18.1 Å². The van der Waals surface area contributed by atoms with Crippen LogP contribution >= 0.6 is 11.6 Å². The number of Topliss-reactive ketones (excluding diaryl/α,β-unsaturated/α-hetero) is 1. The van der Waals surface area contributed by atoms with Crippen LogP contribution in [0.3, 0.4) is 0 Å². The molecule has 20 heavy (non-hydrogen) atoms. The second-order valence-corrected chi connectivity index (χ2v) is 5.39. The molecule has 0 N–H and O–H groups in total. The first-order valence-electron chi connectivity index (χ1n) is 6.50. The monoisotopic (exact) mass is 290 g/mol. The Hall–Kier alpha value is -1.81. The van der Waals surface area contributed by atoms with Gasteiger partial charge in [0.2, 0.25) is 0 Å². The number of aryl methyl sites for hydroxylation is 2. The SMILES string of the molecule is Cc1nn(C)c(CC(=O)C2COc3ccccc32)c1Cl. The number of ketones is 1. The summed E-state index contributed by atoms with van der Waals surface area (Å²) >= 11 is 6.20. The van der Waals surface area contributed by atoms with Crippen LogP contribution in [-0.2, 0) is 18.3 Å². The fraction of sp³-hybridized carbons (Fsp3) is 0.333. The Morgan fingerprint density at radius 2 is 2.25 bits per heavy atom. The smallest absolute Gasteiger partial charge is 0.149 e. The van der Waals surface area contributed by atoms with Crippen LogP contribution in [0.5, 0.6) is 5.75 Å². The highest BCUT2D eigenvalue weighted by Crippen LogP contribution is 2.35. The Morgan fingerprint density at radius 1 is 1.50 bits per heavy atom. The number of carbonyl (C=O) groups is 1. The Balaban J connectivity index is 1.85. The maximum atomic E-state index is 12.5. The summed E-state index contributed by atoms with van der Waals surface area (Å²) in [6, 6.07) is 7.67. The molecule has 0 radical (unpaired) electrons. The molecule has 1 aliphatic heterocycles. The minimum atomic E-state index is -0.211. The van der Waals surface area contributed by atoms with E-state index in [0.717, 1.165) is 22.7 Å². The van der Waals surface area contributed by atoms with E-state index in [1.807, 2.05) is 31.2 Å². The Bertz CT molecular complexity index is 679. The normalized spacial score (nSPS) is 16.9. The summed E-state index contributed by atoms with van der Waals surface area (Å²) in [7, 11) is 1.81. The van der Waals surface area contributed by atoms with E-state index in [2.05, 4.69) is 5.10 Å². The van der Waals surface area contributed by atoms with Crippen molar-refractivity contribution in [3.8, 4) is 5.75 Å². The maximum absolute atomic E-state index is 12.5. The molecule has 1 atom stereocenters. The van der Waals surface area contributed by atoms with Gasteiger partial charge in [-0.3, -0.25) is 9.48 Å². The molecule has 0 aliphatic carbocycles. The topological polar surface area (TPSA) is 44.1 Å². The van der Waals surface area contributed by atoms with Crippen molar-refractivity contribution in [1.82, 2.24) is 9.78 Å². The third kappa shape index (κ3) is 2.10. The summed E-state index contributed by atoms with van der Waals surface area (Å²) in [5.41, 5.74) is 2.48. The average molecular weight is 291 g/mol. The van der Waals surface area contributed by atoms with E-state index >= 15 is 0 Å². The average Bonchev–Trinajstić information content (AvgIpc) is 2.96. The number of rotatable bonds is 3. The van der Waals surface area contributed by atoms with Crippen molar-refractivity contribution in [2.75, 3.05) is 6.61 Å². The number of fused-ring (bicyclic) bond motifs is 1. The lowest BCUT2D eigenvalue weighted by atomic mass is 9.94. The van der Waals surface area contributed by atoms with Crippen molar-refractivity contribution in [2.24, 2.45) is 7.05 Å². The lowest BCUT2D eigenvalue weighted by Gasteiger charge is -2.08. The first-order valence-corrected chi connectivity index (χ1v) is 6.88. The van der Waals surface area contributed by atoms with E-state index < -0.39 is 0 Å². The molecule has 0 saturated carbocycles. The van der Waals surface area contributed by atoms with Crippen molar-refractivity contribution in [2.45, 2.75) is 19.3 Å². The van der Waals surface area contributed by atoms with Crippen LogP contribution in [0.15, 0.2) is 24.3 Å². The number of para-hydroxylation sites is 1. The number of carbonyl (C=O) groups excluding carboxylic acids is 1. The van der Waals surface area contributed by atoms with Gasteiger partial charge in [-0.05, 0) is 13.0 Å². The van der Waals surface area contributed by atoms with Gasteiger partial charge in [0, 0.05) is 12.6 Å². The van der Waals surface area contributed by atoms with Crippen LogP contribution in [0.25, 0.3) is 0 Å². The van der Waals surface area contributed by atoms with Gasteiger partial charge in [-0.1, -0.05) is 29.8 Å². The molecule has 2 aromatic rings. The van der Waals surface area contributed by atoms with Gasteiger partial charge in [-0.2, -0.15) is 5.10 Å². The van der Waals surface area contributed by atoms with Crippen LogP contribution in [0.4, 0.5) is 0 Å². The van der Waals surface area contributed by atoms with Crippen LogP contribution in [0.1, 0.15) is 22.9 Å². The highest BCUT2D eigenvalue weighted by atomic mass is 35.5. The van der Waals surface area contributed by atoms with Gasteiger partial charge < -0.3 is 4.74 Å². The minimum absolute atomic E-state index is 0.111. The van der Waals surface area contributed by atoms with E-state index in [0.29, 0.717) is 11.6 Å².